The fourth-order valence-electron chi connectivity index (χ4n) is 4.36. The first-order chi connectivity index (χ1) is 14.0. The Morgan fingerprint density at radius 3 is 2.48 bits per heavy atom. The molecule has 1 unspecified atom stereocenters. The predicted molar refractivity (Wildman–Crippen MR) is 110 cm³/mol. The maximum atomic E-state index is 13.1. The fraction of sp³-hybridized carbons (Fsp3) is 0.391. The highest BCUT2D eigenvalue weighted by molar-refractivity contribution is 5.89. The first-order valence-electron chi connectivity index (χ1n) is 10.0. The Hall–Kier alpha value is -2.86. The van der Waals surface area contributed by atoms with E-state index in [1.165, 1.54) is 5.56 Å². The Morgan fingerprint density at radius 1 is 1.07 bits per heavy atom. The van der Waals surface area contributed by atoms with Crippen LogP contribution in [0.5, 0.6) is 5.75 Å². The summed E-state index contributed by atoms with van der Waals surface area (Å²) in [5.41, 5.74) is 8.53. The number of amides is 2. The van der Waals surface area contributed by atoms with Crippen molar-refractivity contribution in [3.8, 4) is 5.75 Å². The average molecular weight is 393 g/mol. The van der Waals surface area contributed by atoms with Gasteiger partial charge < -0.3 is 20.3 Å². The number of likely N-dealkylation sites (tertiary alicyclic amines) is 2. The zero-order chi connectivity index (χ0) is 20.4. The Balaban J connectivity index is 1.38. The van der Waals surface area contributed by atoms with Crippen LogP contribution in [0.4, 0.5) is 0 Å². The van der Waals surface area contributed by atoms with Crippen molar-refractivity contribution in [1.29, 1.82) is 0 Å². The van der Waals surface area contributed by atoms with E-state index in [2.05, 4.69) is 12.1 Å². The Labute approximate surface area is 171 Å². The Morgan fingerprint density at radius 2 is 1.79 bits per heavy atom. The molecule has 6 heteroatoms. The van der Waals surface area contributed by atoms with Crippen molar-refractivity contribution in [2.24, 2.45) is 11.7 Å². The quantitative estimate of drug-likeness (QED) is 0.843. The van der Waals surface area contributed by atoms with Crippen LogP contribution >= 0.6 is 0 Å². The van der Waals surface area contributed by atoms with Crippen molar-refractivity contribution in [3.63, 3.8) is 0 Å². The minimum atomic E-state index is -0.289. The number of hydrogen-bond donors (Lipinski definition) is 1. The molecule has 2 amide bonds. The van der Waals surface area contributed by atoms with Crippen molar-refractivity contribution in [3.05, 3.63) is 65.7 Å². The van der Waals surface area contributed by atoms with Crippen molar-refractivity contribution < 1.29 is 14.3 Å². The van der Waals surface area contributed by atoms with Gasteiger partial charge in [0.05, 0.1) is 13.0 Å². The molecule has 3 atom stereocenters. The van der Waals surface area contributed by atoms with Crippen LogP contribution in [0.3, 0.4) is 0 Å². The van der Waals surface area contributed by atoms with Gasteiger partial charge in [-0.3, -0.25) is 9.59 Å². The van der Waals surface area contributed by atoms with Gasteiger partial charge in [-0.1, -0.05) is 42.5 Å². The van der Waals surface area contributed by atoms with E-state index in [1.807, 2.05) is 47.4 Å². The minimum absolute atomic E-state index is 0.0299. The molecule has 29 heavy (non-hydrogen) atoms. The average Bonchev–Trinajstić information content (AvgIpc) is 3.31. The highest BCUT2D eigenvalue weighted by atomic mass is 16.5. The van der Waals surface area contributed by atoms with Crippen LogP contribution in [0.2, 0.25) is 0 Å². The molecule has 2 aromatic rings. The number of carbonyl (C=O) groups is 2. The Kier molecular flexibility index (Phi) is 5.53. The predicted octanol–water partition coefficient (Wildman–Crippen LogP) is 2.00. The van der Waals surface area contributed by atoms with E-state index in [-0.39, 0.29) is 36.1 Å². The third kappa shape index (κ3) is 4.12. The van der Waals surface area contributed by atoms with Gasteiger partial charge in [-0.2, -0.15) is 0 Å². The van der Waals surface area contributed by atoms with Crippen molar-refractivity contribution in [2.75, 3.05) is 26.7 Å². The molecular formula is C23H27N3O3. The first-order valence-corrected chi connectivity index (χ1v) is 10.0. The molecule has 2 fully saturated rings. The number of carbonyl (C=O) groups excluding carboxylic acids is 2. The third-order valence-corrected chi connectivity index (χ3v) is 6.00. The lowest BCUT2D eigenvalue weighted by atomic mass is 9.95. The van der Waals surface area contributed by atoms with Crippen LogP contribution in [-0.2, 0) is 16.1 Å². The van der Waals surface area contributed by atoms with Gasteiger partial charge >= 0.3 is 0 Å². The molecular weight excluding hydrogens is 366 g/mol. The van der Waals surface area contributed by atoms with E-state index < -0.39 is 0 Å². The molecule has 0 radical (unpaired) electrons. The summed E-state index contributed by atoms with van der Waals surface area (Å²) in [5.74, 6) is 0.717. The fourth-order valence-corrected chi connectivity index (χ4v) is 4.36. The zero-order valence-electron chi connectivity index (χ0n) is 16.7. The summed E-state index contributed by atoms with van der Waals surface area (Å²) in [4.78, 5) is 29.2. The summed E-state index contributed by atoms with van der Waals surface area (Å²) in [5, 5.41) is 0. The van der Waals surface area contributed by atoms with Crippen LogP contribution in [0.1, 0.15) is 23.5 Å². The summed E-state index contributed by atoms with van der Waals surface area (Å²) in [6.07, 6.45) is 0.275. The van der Waals surface area contributed by atoms with Crippen LogP contribution in [0.15, 0.2) is 54.6 Å². The van der Waals surface area contributed by atoms with Gasteiger partial charge in [0.2, 0.25) is 11.8 Å². The van der Waals surface area contributed by atoms with Crippen molar-refractivity contribution in [2.45, 2.75) is 24.9 Å². The second-order valence-corrected chi connectivity index (χ2v) is 7.95. The molecule has 2 N–H and O–H groups in total. The number of nitrogens with two attached hydrogens (primary N) is 1. The van der Waals surface area contributed by atoms with E-state index in [0.717, 1.165) is 11.3 Å². The smallest absolute Gasteiger partial charge is 0.228 e. The van der Waals surface area contributed by atoms with E-state index >= 15 is 0 Å². The van der Waals surface area contributed by atoms with Gasteiger partial charge in [-0.25, -0.2) is 0 Å². The second kappa shape index (κ2) is 8.25. The molecule has 4 rings (SSSR count). The zero-order valence-corrected chi connectivity index (χ0v) is 16.7. The molecule has 0 aromatic heterocycles. The molecule has 0 spiro atoms. The molecule has 0 aliphatic carbocycles. The maximum Gasteiger partial charge on any atom is 0.228 e. The van der Waals surface area contributed by atoms with E-state index in [1.54, 1.807) is 12.0 Å². The van der Waals surface area contributed by atoms with Crippen LogP contribution < -0.4 is 10.5 Å². The lowest BCUT2D eigenvalue weighted by Crippen LogP contribution is -2.37. The third-order valence-electron chi connectivity index (χ3n) is 6.00. The molecule has 0 saturated carbocycles. The van der Waals surface area contributed by atoms with Gasteiger partial charge in [0.25, 0.3) is 0 Å². The normalized spacial score (nSPS) is 24.2. The highest BCUT2D eigenvalue weighted by Gasteiger charge is 2.40. The van der Waals surface area contributed by atoms with Crippen molar-refractivity contribution >= 4 is 11.8 Å². The lowest BCUT2D eigenvalue weighted by Gasteiger charge is -2.21. The lowest BCUT2D eigenvalue weighted by molar-refractivity contribution is -0.134. The molecule has 2 aliphatic heterocycles. The number of nitrogens with zero attached hydrogens (tertiary/aromatic N) is 2. The van der Waals surface area contributed by atoms with Gasteiger partial charge in [0.15, 0.2) is 0 Å². The molecule has 6 nitrogen and oxygen atoms in total. The summed E-state index contributed by atoms with van der Waals surface area (Å²) in [6.45, 7) is 2.14. The number of rotatable bonds is 5. The minimum Gasteiger partial charge on any atom is -0.497 e. The summed E-state index contributed by atoms with van der Waals surface area (Å²) in [7, 11) is 1.63. The van der Waals surface area contributed by atoms with Gasteiger partial charge in [-0.15, -0.1) is 0 Å². The Bertz CT molecular complexity index is 869. The molecule has 2 aliphatic rings. The summed E-state index contributed by atoms with van der Waals surface area (Å²) in [6, 6.07) is 17.7. The van der Waals surface area contributed by atoms with E-state index in [0.29, 0.717) is 26.2 Å². The van der Waals surface area contributed by atoms with Crippen LogP contribution in [0, 0.1) is 5.92 Å². The summed E-state index contributed by atoms with van der Waals surface area (Å²) >= 11 is 0. The van der Waals surface area contributed by atoms with E-state index in [4.69, 9.17) is 10.5 Å². The molecule has 0 bridgehead atoms. The summed E-state index contributed by atoms with van der Waals surface area (Å²) < 4.78 is 5.17. The van der Waals surface area contributed by atoms with Gasteiger partial charge in [0.1, 0.15) is 5.75 Å². The number of ether oxygens (including phenoxy) is 1. The largest absolute Gasteiger partial charge is 0.497 e. The number of benzene rings is 2. The highest BCUT2D eigenvalue weighted by Crippen LogP contribution is 2.30. The molecule has 2 heterocycles. The van der Waals surface area contributed by atoms with Gasteiger partial charge in [0, 0.05) is 44.6 Å². The monoisotopic (exact) mass is 393 g/mol. The maximum absolute atomic E-state index is 13.1. The number of methoxy groups -OCH3 is 1. The SMILES string of the molecule is COc1ccc(CN2CC(C(=O)N3C[C@@H](N)[C@H](c4ccccc4)C3)CC2=O)cc1. The molecule has 2 aromatic carbocycles. The standard InChI is InChI=1S/C23H27N3O3/c1-29-19-9-7-16(8-10-19)12-25-13-18(11-22(25)27)23(28)26-14-20(21(24)15-26)17-5-3-2-4-6-17/h2-10,18,20-21H,11-15,24H2,1H3/t18?,20-,21+/m0/s1. The second-order valence-electron chi connectivity index (χ2n) is 7.95. The van der Waals surface area contributed by atoms with Crippen LogP contribution in [0.25, 0.3) is 0 Å². The van der Waals surface area contributed by atoms with Crippen molar-refractivity contribution in [1.82, 2.24) is 9.80 Å². The van der Waals surface area contributed by atoms with Gasteiger partial charge in [-0.05, 0) is 23.3 Å². The first kappa shape index (κ1) is 19.5. The topological polar surface area (TPSA) is 75.9 Å². The molecule has 2 saturated heterocycles. The molecule has 152 valence electrons. The van der Waals surface area contributed by atoms with E-state index in [9.17, 15) is 9.59 Å². The number of hydrogen-bond acceptors (Lipinski definition) is 4. The van der Waals surface area contributed by atoms with Crippen LogP contribution in [-0.4, -0.2) is 54.4 Å².